The lowest BCUT2D eigenvalue weighted by atomic mass is 9.98. The van der Waals surface area contributed by atoms with E-state index in [9.17, 15) is 0 Å². The first-order valence-electron chi connectivity index (χ1n) is 9.07. The Morgan fingerprint density at radius 3 is 2.44 bits per heavy atom. The van der Waals surface area contributed by atoms with Crippen LogP contribution in [0.25, 0.3) is 0 Å². The fourth-order valence-electron chi connectivity index (χ4n) is 3.09. The van der Waals surface area contributed by atoms with Crippen LogP contribution in [-0.2, 0) is 6.54 Å². The Bertz CT molecular complexity index is 643. The minimum Gasteiger partial charge on any atom is -0.497 e. The first kappa shape index (κ1) is 17.8. The fourth-order valence-corrected chi connectivity index (χ4v) is 3.09. The maximum atomic E-state index is 5.93. The summed E-state index contributed by atoms with van der Waals surface area (Å²) in [4.78, 5) is 7.02. The summed E-state index contributed by atoms with van der Waals surface area (Å²) in [5, 5.41) is 0. The van der Waals surface area contributed by atoms with Crippen LogP contribution in [0.1, 0.15) is 44.2 Å². The van der Waals surface area contributed by atoms with Crippen molar-refractivity contribution in [3.63, 3.8) is 0 Å². The number of benzene rings is 1. The number of aromatic nitrogens is 1. The van der Waals surface area contributed by atoms with Crippen LogP contribution < -0.4 is 9.47 Å². The second kappa shape index (κ2) is 8.39. The largest absolute Gasteiger partial charge is 0.497 e. The third kappa shape index (κ3) is 4.98. The van der Waals surface area contributed by atoms with Crippen LogP contribution >= 0.6 is 0 Å². The first-order chi connectivity index (χ1) is 12.1. The van der Waals surface area contributed by atoms with E-state index in [2.05, 4.69) is 23.7 Å². The Hall–Kier alpha value is -2.01. The van der Waals surface area contributed by atoms with E-state index in [4.69, 9.17) is 13.9 Å². The summed E-state index contributed by atoms with van der Waals surface area (Å²) < 4.78 is 16.6. The molecule has 0 saturated carbocycles. The van der Waals surface area contributed by atoms with E-state index < -0.39 is 0 Å². The van der Waals surface area contributed by atoms with E-state index in [0.29, 0.717) is 11.8 Å². The highest BCUT2D eigenvalue weighted by molar-refractivity contribution is 5.31. The molecule has 1 aromatic heterocycles. The van der Waals surface area contributed by atoms with Gasteiger partial charge >= 0.3 is 0 Å². The molecule has 0 radical (unpaired) electrons. The van der Waals surface area contributed by atoms with Gasteiger partial charge in [0, 0.05) is 12.5 Å². The van der Waals surface area contributed by atoms with E-state index in [1.165, 1.54) is 0 Å². The number of nitrogens with zero attached hydrogens (tertiary/aromatic N) is 2. The van der Waals surface area contributed by atoms with Gasteiger partial charge < -0.3 is 13.9 Å². The summed E-state index contributed by atoms with van der Waals surface area (Å²) in [5.41, 5.74) is 1.04. The topological polar surface area (TPSA) is 47.7 Å². The monoisotopic (exact) mass is 344 g/mol. The molecular weight excluding hydrogens is 316 g/mol. The first-order valence-corrected chi connectivity index (χ1v) is 9.07. The molecule has 0 atom stereocenters. The molecule has 2 heterocycles. The number of ether oxygens (including phenoxy) is 2. The molecule has 136 valence electrons. The summed E-state index contributed by atoms with van der Waals surface area (Å²) in [6.07, 6.45) is 4.12. The summed E-state index contributed by atoms with van der Waals surface area (Å²) in [6.45, 7) is 8.03. The zero-order valence-electron chi connectivity index (χ0n) is 15.4. The van der Waals surface area contributed by atoms with Crippen molar-refractivity contribution in [3.05, 3.63) is 42.1 Å². The van der Waals surface area contributed by atoms with Gasteiger partial charge in [-0.05, 0) is 56.1 Å². The average molecular weight is 344 g/mol. The SMILES string of the molecule is COc1ccc(OCC2CCN(Cc3coc(C(C)C)n3)CC2)cc1. The molecule has 0 aliphatic carbocycles. The lowest BCUT2D eigenvalue weighted by Gasteiger charge is -2.31. The van der Waals surface area contributed by atoms with Gasteiger partial charge in [-0.25, -0.2) is 4.98 Å². The minimum atomic E-state index is 0.342. The lowest BCUT2D eigenvalue weighted by Crippen LogP contribution is -2.35. The Morgan fingerprint density at radius 1 is 1.16 bits per heavy atom. The quantitative estimate of drug-likeness (QED) is 0.757. The molecule has 3 rings (SSSR count). The number of piperidine rings is 1. The van der Waals surface area contributed by atoms with Gasteiger partial charge in [0.2, 0.25) is 0 Å². The Morgan fingerprint density at radius 2 is 1.84 bits per heavy atom. The van der Waals surface area contributed by atoms with Crippen molar-refractivity contribution in [1.29, 1.82) is 0 Å². The molecule has 1 aromatic carbocycles. The van der Waals surface area contributed by atoms with Crippen LogP contribution in [-0.4, -0.2) is 36.7 Å². The van der Waals surface area contributed by atoms with Crippen molar-refractivity contribution in [2.24, 2.45) is 5.92 Å². The highest BCUT2D eigenvalue weighted by atomic mass is 16.5. The molecular formula is C20H28N2O3. The van der Waals surface area contributed by atoms with Gasteiger partial charge in [0.05, 0.1) is 19.4 Å². The van der Waals surface area contributed by atoms with Crippen LogP contribution in [0.2, 0.25) is 0 Å². The lowest BCUT2D eigenvalue weighted by molar-refractivity contribution is 0.135. The Kier molecular flexibility index (Phi) is 5.97. The zero-order chi connectivity index (χ0) is 17.6. The number of methoxy groups -OCH3 is 1. The van der Waals surface area contributed by atoms with Crippen LogP contribution in [0.5, 0.6) is 11.5 Å². The smallest absolute Gasteiger partial charge is 0.196 e. The van der Waals surface area contributed by atoms with E-state index in [1.807, 2.05) is 24.3 Å². The van der Waals surface area contributed by atoms with Gasteiger partial charge in [-0.15, -0.1) is 0 Å². The number of rotatable bonds is 7. The van der Waals surface area contributed by atoms with Crippen molar-refractivity contribution in [2.75, 3.05) is 26.8 Å². The Balaban J connectivity index is 1.40. The highest BCUT2D eigenvalue weighted by Crippen LogP contribution is 2.22. The van der Waals surface area contributed by atoms with Crippen molar-refractivity contribution in [3.8, 4) is 11.5 Å². The van der Waals surface area contributed by atoms with Crippen molar-refractivity contribution >= 4 is 0 Å². The maximum absolute atomic E-state index is 5.93. The second-order valence-corrected chi connectivity index (χ2v) is 7.04. The molecule has 1 aliphatic rings. The average Bonchev–Trinajstić information content (AvgIpc) is 3.10. The minimum absolute atomic E-state index is 0.342. The zero-order valence-corrected chi connectivity index (χ0v) is 15.4. The molecule has 1 saturated heterocycles. The molecule has 0 bridgehead atoms. The summed E-state index contributed by atoms with van der Waals surface area (Å²) >= 11 is 0. The fraction of sp³-hybridized carbons (Fsp3) is 0.550. The van der Waals surface area contributed by atoms with E-state index in [-0.39, 0.29) is 0 Å². The molecule has 0 amide bonds. The van der Waals surface area contributed by atoms with Crippen LogP contribution in [0.3, 0.4) is 0 Å². The molecule has 25 heavy (non-hydrogen) atoms. The standard InChI is InChI=1S/C20H28N2O3/c1-15(2)20-21-17(14-25-20)12-22-10-8-16(9-11-22)13-24-19-6-4-18(23-3)5-7-19/h4-7,14-16H,8-13H2,1-3H3. The number of likely N-dealkylation sites (tertiary alicyclic amines) is 1. The summed E-state index contributed by atoms with van der Waals surface area (Å²) in [7, 11) is 1.67. The van der Waals surface area contributed by atoms with Crippen molar-refractivity contribution < 1.29 is 13.9 Å². The molecule has 5 nitrogen and oxygen atoms in total. The molecule has 2 aromatic rings. The van der Waals surface area contributed by atoms with Gasteiger partial charge in [-0.1, -0.05) is 13.8 Å². The number of oxazole rings is 1. The predicted octanol–water partition coefficient (Wildman–Crippen LogP) is 4.10. The van der Waals surface area contributed by atoms with E-state index in [1.54, 1.807) is 13.4 Å². The Labute approximate surface area is 149 Å². The van der Waals surface area contributed by atoms with Crippen molar-refractivity contribution in [2.45, 2.75) is 39.2 Å². The number of hydrogen-bond donors (Lipinski definition) is 0. The van der Waals surface area contributed by atoms with E-state index in [0.717, 1.165) is 62.2 Å². The van der Waals surface area contributed by atoms with Gasteiger partial charge in [0.15, 0.2) is 5.89 Å². The molecule has 1 aliphatic heterocycles. The van der Waals surface area contributed by atoms with Crippen LogP contribution in [0.15, 0.2) is 34.9 Å². The highest BCUT2D eigenvalue weighted by Gasteiger charge is 2.21. The normalized spacial score (nSPS) is 16.3. The van der Waals surface area contributed by atoms with Gasteiger partial charge in [0.1, 0.15) is 17.8 Å². The molecule has 0 unspecified atom stereocenters. The third-order valence-electron chi connectivity index (χ3n) is 4.70. The molecule has 5 heteroatoms. The second-order valence-electron chi connectivity index (χ2n) is 7.04. The predicted molar refractivity (Wildman–Crippen MR) is 97.1 cm³/mol. The summed E-state index contributed by atoms with van der Waals surface area (Å²) in [6, 6.07) is 7.79. The van der Waals surface area contributed by atoms with Gasteiger partial charge in [0.25, 0.3) is 0 Å². The third-order valence-corrected chi connectivity index (χ3v) is 4.70. The number of hydrogen-bond acceptors (Lipinski definition) is 5. The maximum Gasteiger partial charge on any atom is 0.196 e. The van der Waals surface area contributed by atoms with Gasteiger partial charge in [-0.3, -0.25) is 4.90 Å². The molecule has 0 spiro atoms. The van der Waals surface area contributed by atoms with Crippen LogP contribution in [0.4, 0.5) is 0 Å². The summed E-state index contributed by atoms with van der Waals surface area (Å²) in [5.74, 6) is 3.55. The van der Waals surface area contributed by atoms with Gasteiger partial charge in [-0.2, -0.15) is 0 Å². The van der Waals surface area contributed by atoms with Crippen molar-refractivity contribution in [1.82, 2.24) is 9.88 Å². The molecule has 1 fully saturated rings. The molecule has 0 N–H and O–H groups in total. The van der Waals surface area contributed by atoms with Crippen LogP contribution in [0, 0.1) is 5.92 Å². The van der Waals surface area contributed by atoms with E-state index >= 15 is 0 Å².